The summed E-state index contributed by atoms with van der Waals surface area (Å²) in [5.41, 5.74) is 7.86. The topological polar surface area (TPSA) is 18.1 Å². The Balaban J connectivity index is 1.18. The normalized spacial score (nSPS) is 12.2. The number of rotatable bonds is 2. The van der Waals surface area contributed by atoms with Crippen LogP contribution in [0.2, 0.25) is 0 Å². The summed E-state index contributed by atoms with van der Waals surface area (Å²) in [7, 11) is 0. The summed E-state index contributed by atoms with van der Waals surface area (Å²) in [4.78, 5) is 0. The number of hydrogen-bond acceptors (Lipinski definition) is 1. The third-order valence-corrected chi connectivity index (χ3v) is 10.3. The van der Waals surface area contributed by atoms with E-state index in [1.54, 1.807) is 0 Å². The van der Waals surface area contributed by atoms with E-state index in [0.29, 0.717) is 0 Å². The van der Waals surface area contributed by atoms with Crippen LogP contribution in [0.25, 0.3) is 104 Å². The smallest absolute Gasteiger partial charge is 0.136 e. The van der Waals surface area contributed by atoms with Crippen LogP contribution in [0, 0.1) is 0 Å². The van der Waals surface area contributed by atoms with Crippen molar-refractivity contribution in [2.24, 2.45) is 0 Å². The largest absolute Gasteiger partial charge is 0.456 e. The molecule has 2 heterocycles. The summed E-state index contributed by atoms with van der Waals surface area (Å²) in [6, 6.07) is 59.6. The molecule has 0 amide bonds. The van der Waals surface area contributed by atoms with Crippen LogP contribution >= 0.6 is 0 Å². The Bertz CT molecular complexity index is 3110. The second-order valence-electron chi connectivity index (χ2n) is 12.9. The molecule has 11 aromatic rings. The van der Waals surface area contributed by atoms with E-state index in [1.165, 1.54) is 87.1 Å². The number of fused-ring (bicyclic) bond motifs is 14. The van der Waals surface area contributed by atoms with Gasteiger partial charge in [-0.1, -0.05) is 115 Å². The van der Waals surface area contributed by atoms with Gasteiger partial charge >= 0.3 is 0 Å². The Kier molecular flexibility index (Phi) is 5.14. The molecule has 0 unspecified atom stereocenters. The van der Waals surface area contributed by atoms with E-state index >= 15 is 0 Å². The first-order valence-electron chi connectivity index (χ1n) is 16.5. The van der Waals surface area contributed by atoms with Crippen molar-refractivity contribution in [2.45, 2.75) is 0 Å². The number of aromatic nitrogens is 1. The summed E-state index contributed by atoms with van der Waals surface area (Å²) in [5, 5.41) is 14.8. The van der Waals surface area contributed by atoms with Crippen LogP contribution in [-0.4, -0.2) is 4.57 Å². The highest BCUT2D eigenvalue weighted by Gasteiger charge is 2.17. The minimum atomic E-state index is 0.925. The molecular formula is C46H27NO. The number of hydrogen-bond donors (Lipinski definition) is 0. The zero-order chi connectivity index (χ0) is 31.3. The minimum absolute atomic E-state index is 0.925. The molecule has 222 valence electrons. The number of nitrogens with zero attached hydrogens (tertiary/aromatic N) is 1. The summed E-state index contributed by atoms with van der Waals surface area (Å²) < 4.78 is 8.92. The Morgan fingerprint density at radius 1 is 0.333 bits per heavy atom. The second-order valence-corrected chi connectivity index (χ2v) is 12.9. The molecule has 48 heavy (non-hydrogen) atoms. The maximum Gasteiger partial charge on any atom is 0.136 e. The predicted molar refractivity (Wildman–Crippen MR) is 204 cm³/mol. The lowest BCUT2D eigenvalue weighted by Gasteiger charge is -2.13. The lowest BCUT2D eigenvalue weighted by atomic mass is 9.91. The van der Waals surface area contributed by atoms with Gasteiger partial charge in [-0.15, -0.1) is 0 Å². The zero-order valence-electron chi connectivity index (χ0n) is 25.9. The van der Waals surface area contributed by atoms with Crippen molar-refractivity contribution in [1.82, 2.24) is 4.57 Å². The van der Waals surface area contributed by atoms with Gasteiger partial charge in [0.25, 0.3) is 0 Å². The number of benzene rings is 9. The van der Waals surface area contributed by atoms with Gasteiger partial charge in [0.2, 0.25) is 0 Å². The molecule has 0 spiro atoms. The van der Waals surface area contributed by atoms with Crippen LogP contribution in [0.5, 0.6) is 0 Å². The molecule has 0 bridgehead atoms. The summed E-state index contributed by atoms with van der Waals surface area (Å²) >= 11 is 0. The van der Waals surface area contributed by atoms with Crippen molar-refractivity contribution in [3.63, 3.8) is 0 Å². The maximum absolute atomic E-state index is 6.53. The van der Waals surface area contributed by atoms with Gasteiger partial charge in [0, 0.05) is 27.2 Å². The fraction of sp³-hybridized carbons (Fsp3) is 0. The Morgan fingerprint density at radius 3 is 1.77 bits per heavy atom. The van der Waals surface area contributed by atoms with Crippen molar-refractivity contribution in [3.05, 3.63) is 164 Å². The quantitative estimate of drug-likeness (QED) is 0.178. The highest BCUT2D eigenvalue weighted by molar-refractivity contribution is 6.30. The first-order chi connectivity index (χ1) is 23.8. The standard InChI is InChI=1S/C46H27NO/c1-2-11-31(12-3-1)47-42-17-9-8-16-36(42)37-22-19-30(25-43(37)47)29-18-21-35-38(24-29)33-14-6-7-15-34(33)39-26-41-45(27-40(35)39)48-44-23-20-28-10-4-5-13-32(28)46(41)44/h1-27H. The molecule has 2 aromatic heterocycles. The molecule has 0 aliphatic carbocycles. The van der Waals surface area contributed by atoms with E-state index in [1.807, 2.05) is 0 Å². The molecule has 11 rings (SSSR count). The fourth-order valence-electron chi connectivity index (χ4n) is 8.18. The fourth-order valence-corrected chi connectivity index (χ4v) is 8.18. The molecule has 2 nitrogen and oxygen atoms in total. The molecule has 2 heteroatoms. The molecule has 0 aliphatic heterocycles. The van der Waals surface area contributed by atoms with Crippen LogP contribution in [0.4, 0.5) is 0 Å². The van der Waals surface area contributed by atoms with Gasteiger partial charge in [0.1, 0.15) is 11.2 Å². The van der Waals surface area contributed by atoms with Crippen LogP contribution in [-0.2, 0) is 0 Å². The molecule has 0 fully saturated rings. The number of furan rings is 1. The maximum atomic E-state index is 6.53. The first kappa shape index (κ1) is 25.8. The average molecular weight is 610 g/mol. The summed E-state index contributed by atoms with van der Waals surface area (Å²) in [5.74, 6) is 0. The van der Waals surface area contributed by atoms with Gasteiger partial charge in [0.15, 0.2) is 0 Å². The van der Waals surface area contributed by atoms with Crippen molar-refractivity contribution >= 4 is 86.8 Å². The third-order valence-electron chi connectivity index (χ3n) is 10.3. The van der Waals surface area contributed by atoms with Crippen LogP contribution < -0.4 is 0 Å². The van der Waals surface area contributed by atoms with Crippen molar-refractivity contribution in [1.29, 1.82) is 0 Å². The van der Waals surface area contributed by atoms with E-state index in [2.05, 4.69) is 168 Å². The molecule has 0 aliphatic rings. The molecule has 0 saturated carbocycles. The Morgan fingerprint density at radius 2 is 0.938 bits per heavy atom. The highest BCUT2D eigenvalue weighted by atomic mass is 16.3. The third kappa shape index (κ3) is 3.52. The lowest BCUT2D eigenvalue weighted by molar-refractivity contribution is 0.670. The van der Waals surface area contributed by atoms with Gasteiger partial charge in [-0.2, -0.15) is 0 Å². The Hall–Kier alpha value is -6.38. The van der Waals surface area contributed by atoms with Crippen molar-refractivity contribution in [2.75, 3.05) is 0 Å². The van der Waals surface area contributed by atoms with Gasteiger partial charge in [-0.3, -0.25) is 0 Å². The summed E-state index contributed by atoms with van der Waals surface area (Å²) in [6.07, 6.45) is 0. The van der Waals surface area contributed by atoms with E-state index in [9.17, 15) is 0 Å². The predicted octanol–water partition coefficient (Wildman–Crippen LogP) is 13.0. The van der Waals surface area contributed by atoms with E-state index in [0.717, 1.165) is 16.6 Å². The first-order valence-corrected chi connectivity index (χ1v) is 16.5. The lowest BCUT2D eigenvalue weighted by Crippen LogP contribution is -1.93. The van der Waals surface area contributed by atoms with Crippen LogP contribution in [0.3, 0.4) is 0 Å². The van der Waals surface area contributed by atoms with Gasteiger partial charge in [-0.05, 0) is 103 Å². The van der Waals surface area contributed by atoms with Crippen LogP contribution in [0.15, 0.2) is 168 Å². The Labute approximate surface area is 275 Å². The van der Waals surface area contributed by atoms with E-state index in [-0.39, 0.29) is 0 Å². The van der Waals surface area contributed by atoms with E-state index < -0.39 is 0 Å². The van der Waals surface area contributed by atoms with E-state index in [4.69, 9.17) is 4.42 Å². The molecule has 0 saturated heterocycles. The molecule has 9 aromatic carbocycles. The van der Waals surface area contributed by atoms with Gasteiger partial charge in [0.05, 0.1) is 11.0 Å². The molecular weight excluding hydrogens is 583 g/mol. The molecule has 0 atom stereocenters. The second kappa shape index (κ2) is 9.57. The summed E-state index contributed by atoms with van der Waals surface area (Å²) in [6.45, 7) is 0. The average Bonchev–Trinajstić information content (AvgIpc) is 3.69. The monoisotopic (exact) mass is 609 g/mol. The SMILES string of the molecule is c1ccc(-n2c3ccccc3c3ccc(-c4ccc5c(c4)c4ccccc4c4cc6c(cc54)oc4ccc5ccccc5c46)cc32)cc1. The van der Waals surface area contributed by atoms with Crippen molar-refractivity contribution < 1.29 is 4.42 Å². The molecule has 0 radical (unpaired) electrons. The van der Waals surface area contributed by atoms with Crippen molar-refractivity contribution in [3.8, 4) is 16.8 Å². The number of para-hydroxylation sites is 2. The van der Waals surface area contributed by atoms with Gasteiger partial charge in [-0.25, -0.2) is 0 Å². The minimum Gasteiger partial charge on any atom is -0.456 e. The highest BCUT2D eigenvalue weighted by Crippen LogP contribution is 2.43. The van der Waals surface area contributed by atoms with Crippen LogP contribution in [0.1, 0.15) is 0 Å². The zero-order valence-corrected chi connectivity index (χ0v) is 25.9. The molecule has 0 N–H and O–H groups in total. The van der Waals surface area contributed by atoms with Gasteiger partial charge < -0.3 is 8.98 Å².